The van der Waals surface area contributed by atoms with Crippen LogP contribution >= 0.6 is 0 Å². The summed E-state index contributed by atoms with van der Waals surface area (Å²) >= 11 is 0. The lowest BCUT2D eigenvalue weighted by Gasteiger charge is -2.26. The summed E-state index contributed by atoms with van der Waals surface area (Å²) in [4.78, 5) is 10.6. The summed E-state index contributed by atoms with van der Waals surface area (Å²) in [6.07, 6.45) is 1.01. The van der Waals surface area contributed by atoms with Crippen LogP contribution in [0.15, 0.2) is 53.4 Å². The molecule has 2 N–H and O–H groups in total. The zero-order valence-corrected chi connectivity index (χ0v) is 17.5. The molecule has 150 valence electrons. The smallest absolute Gasteiger partial charge is 0.131 e. The number of pyridine rings is 1. The number of hydrogen-bond donors (Lipinski definition) is 1. The van der Waals surface area contributed by atoms with Crippen LogP contribution in [0.2, 0.25) is 0 Å². The number of nitrogens with two attached hydrogens (primary N) is 1. The van der Waals surface area contributed by atoms with Crippen LogP contribution in [0, 0.1) is 6.92 Å². The van der Waals surface area contributed by atoms with Crippen LogP contribution in [0.25, 0.3) is 10.9 Å². The third-order valence-corrected chi connectivity index (χ3v) is 7.39. The van der Waals surface area contributed by atoms with Gasteiger partial charge in [-0.1, -0.05) is 29.8 Å². The summed E-state index contributed by atoms with van der Waals surface area (Å²) in [6, 6.07) is 16.9. The van der Waals surface area contributed by atoms with E-state index in [1.165, 1.54) is 16.6 Å². The maximum absolute atomic E-state index is 12.7. The number of hydrogen-bond acceptors (Lipinski definition) is 5. The monoisotopic (exact) mass is 406 g/mol. The van der Waals surface area contributed by atoms with E-state index in [0.717, 1.165) is 54.4 Å². The van der Waals surface area contributed by atoms with Gasteiger partial charge in [-0.05, 0) is 37.1 Å². The molecule has 5 rings (SSSR count). The van der Waals surface area contributed by atoms with Gasteiger partial charge in [0.2, 0.25) is 0 Å². The molecule has 3 aromatic rings. The summed E-state index contributed by atoms with van der Waals surface area (Å²) in [6.45, 7) is 5.42. The van der Waals surface area contributed by atoms with Crippen LogP contribution < -0.4 is 15.5 Å². The molecule has 2 atom stereocenters. The second-order valence-corrected chi connectivity index (χ2v) is 9.63. The van der Waals surface area contributed by atoms with E-state index in [1.54, 1.807) is 0 Å². The Bertz CT molecular complexity index is 1100. The lowest BCUT2D eigenvalue weighted by Crippen LogP contribution is -2.28. The van der Waals surface area contributed by atoms with Gasteiger partial charge in [-0.15, -0.1) is 0 Å². The molecule has 2 aliphatic rings. The van der Waals surface area contributed by atoms with Gasteiger partial charge < -0.3 is 15.5 Å². The van der Waals surface area contributed by atoms with E-state index >= 15 is 0 Å². The van der Waals surface area contributed by atoms with Crippen LogP contribution in [-0.2, 0) is 17.3 Å². The average molecular weight is 407 g/mol. The first-order valence-corrected chi connectivity index (χ1v) is 11.5. The minimum absolute atomic E-state index is 0.221. The standard InChI is InChI=1S/C23H26N4OS/c1-16-6-7-20-19(12-16)21(26-9-8-18(24)15-26)13-23(25-20)27-10-11-29(28)22-5-3-2-4-17(22)14-27/h2-7,12-13,18H,8-11,14-15,24H2,1H3. The van der Waals surface area contributed by atoms with Crippen molar-refractivity contribution in [2.24, 2.45) is 5.73 Å². The predicted molar refractivity (Wildman–Crippen MR) is 120 cm³/mol. The molecule has 5 nitrogen and oxygen atoms in total. The van der Waals surface area contributed by atoms with E-state index < -0.39 is 10.8 Å². The topological polar surface area (TPSA) is 62.5 Å². The molecule has 1 fully saturated rings. The van der Waals surface area contributed by atoms with E-state index in [9.17, 15) is 4.21 Å². The maximum atomic E-state index is 12.7. The first-order chi connectivity index (χ1) is 14.1. The second-order valence-electron chi connectivity index (χ2n) is 8.09. The van der Waals surface area contributed by atoms with Crippen molar-refractivity contribution in [1.29, 1.82) is 0 Å². The first-order valence-electron chi connectivity index (χ1n) is 10.2. The van der Waals surface area contributed by atoms with Crippen LogP contribution in [0.4, 0.5) is 11.5 Å². The van der Waals surface area contributed by atoms with Gasteiger partial charge in [0.05, 0.1) is 16.3 Å². The molecular weight excluding hydrogens is 380 g/mol. The molecule has 1 aromatic heterocycles. The Balaban J connectivity index is 1.60. The Morgan fingerprint density at radius 3 is 2.79 bits per heavy atom. The maximum Gasteiger partial charge on any atom is 0.131 e. The molecule has 0 saturated carbocycles. The Labute approximate surface area is 174 Å². The molecule has 6 heteroatoms. The quantitative estimate of drug-likeness (QED) is 0.708. The number of nitrogens with zero attached hydrogens (tertiary/aromatic N) is 3. The fourth-order valence-electron chi connectivity index (χ4n) is 4.38. The van der Waals surface area contributed by atoms with E-state index in [-0.39, 0.29) is 6.04 Å². The molecule has 0 spiro atoms. The van der Waals surface area contributed by atoms with E-state index in [4.69, 9.17) is 10.7 Å². The van der Waals surface area contributed by atoms with Crippen molar-refractivity contribution in [3.8, 4) is 0 Å². The molecular formula is C23H26N4OS. The van der Waals surface area contributed by atoms with Gasteiger partial charge in [-0.2, -0.15) is 0 Å². The first kappa shape index (κ1) is 18.6. The van der Waals surface area contributed by atoms with Gasteiger partial charge in [0.1, 0.15) is 5.82 Å². The van der Waals surface area contributed by atoms with Crippen molar-refractivity contribution in [3.05, 3.63) is 59.7 Å². The highest BCUT2D eigenvalue weighted by atomic mass is 32.2. The lowest BCUT2D eigenvalue weighted by atomic mass is 10.1. The van der Waals surface area contributed by atoms with Gasteiger partial charge in [-0.3, -0.25) is 4.21 Å². The van der Waals surface area contributed by atoms with Crippen LogP contribution in [0.1, 0.15) is 17.5 Å². The van der Waals surface area contributed by atoms with Crippen molar-refractivity contribution in [3.63, 3.8) is 0 Å². The van der Waals surface area contributed by atoms with Gasteiger partial charge >= 0.3 is 0 Å². The van der Waals surface area contributed by atoms with Gasteiger partial charge in [0.25, 0.3) is 0 Å². The minimum atomic E-state index is -0.966. The van der Waals surface area contributed by atoms with Crippen molar-refractivity contribution in [1.82, 2.24) is 4.98 Å². The lowest BCUT2D eigenvalue weighted by molar-refractivity contribution is 0.683. The molecule has 3 heterocycles. The Morgan fingerprint density at radius 1 is 1.10 bits per heavy atom. The van der Waals surface area contributed by atoms with E-state index in [2.05, 4.69) is 47.1 Å². The molecule has 2 aromatic carbocycles. The number of rotatable bonds is 2. The second kappa shape index (κ2) is 7.43. The summed E-state index contributed by atoms with van der Waals surface area (Å²) in [5.74, 6) is 1.57. The number of fused-ring (bicyclic) bond motifs is 2. The van der Waals surface area contributed by atoms with Crippen LogP contribution in [0.3, 0.4) is 0 Å². The number of aromatic nitrogens is 1. The van der Waals surface area contributed by atoms with E-state index in [0.29, 0.717) is 5.75 Å². The summed E-state index contributed by atoms with van der Waals surface area (Å²) < 4.78 is 12.7. The fraction of sp³-hybridized carbons (Fsp3) is 0.348. The predicted octanol–water partition coefficient (Wildman–Crippen LogP) is 3.21. The Morgan fingerprint density at radius 2 is 1.97 bits per heavy atom. The van der Waals surface area contributed by atoms with Crippen molar-refractivity contribution in [2.45, 2.75) is 30.8 Å². The molecule has 0 aliphatic carbocycles. The number of anilines is 2. The van der Waals surface area contributed by atoms with E-state index in [1.807, 2.05) is 18.2 Å². The molecule has 0 amide bonds. The highest BCUT2D eigenvalue weighted by Crippen LogP contribution is 2.34. The summed E-state index contributed by atoms with van der Waals surface area (Å²) in [5.41, 5.74) is 10.8. The normalized spacial score (nSPS) is 22.0. The third-order valence-electron chi connectivity index (χ3n) is 5.94. The zero-order chi connectivity index (χ0) is 20.0. The highest BCUT2D eigenvalue weighted by Gasteiger charge is 2.25. The molecule has 0 bridgehead atoms. The molecule has 0 radical (unpaired) electrons. The Hall–Kier alpha value is -2.44. The summed E-state index contributed by atoms with van der Waals surface area (Å²) in [5, 5.41) is 1.18. The number of aryl methyl sites for hydroxylation is 1. The van der Waals surface area contributed by atoms with Crippen molar-refractivity contribution in [2.75, 3.05) is 35.2 Å². The minimum Gasteiger partial charge on any atom is -0.369 e. The van der Waals surface area contributed by atoms with Crippen molar-refractivity contribution >= 4 is 33.2 Å². The highest BCUT2D eigenvalue weighted by molar-refractivity contribution is 7.85. The van der Waals surface area contributed by atoms with Gasteiger partial charge in [0.15, 0.2) is 0 Å². The van der Waals surface area contributed by atoms with Gasteiger partial charge in [0, 0.05) is 60.0 Å². The zero-order valence-electron chi connectivity index (χ0n) is 16.7. The average Bonchev–Trinajstić information content (AvgIpc) is 3.08. The van der Waals surface area contributed by atoms with Crippen LogP contribution in [-0.4, -0.2) is 40.6 Å². The van der Waals surface area contributed by atoms with Crippen molar-refractivity contribution < 1.29 is 4.21 Å². The third kappa shape index (κ3) is 3.51. The SMILES string of the molecule is Cc1ccc2nc(N3CCS(=O)c4ccccc4C3)cc(N3CCC(N)C3)c2c1. The van der Waals surface area contributed by atoms with Gasteiger partial charge in [-0.25, -0.2) is 4.98 Å². The molecule has 29 heavy (non-hydrogen) atoms. The Kier molecular flexibility index (Phi) is 4.76. The van der Waals surface area contributed by atoms with Crippen LogP contribution in [0.5, 0.6) is 0 Å². The number of benzene rings is 2. The molecule has 1 saturated heterocycles. The largest absolute Gasteiger partial charge is 0.369 e. The molecule has 2 unspecified atom stereocenters. The fourth-order valence-corrected chi connectivity index (χ4v) is 5.64. The summed E-state index contributed by atoms with van der Waals surface area (Å²) in [7, 11) is -0.966. The molecule has 2 aliphatic heterocycles.